The van der Waals surface area contributed by atoms with Crippen LogP contribution in [0, 0.1) is 12.8 Å². The number of carbonyl (C=O) groups excluding carboxylic acids is 2. The molecule has 0 atom stereocenters. The van der Waals surface area contributed by atoms with Crippen LogP contribution in [0.4, 0.5) is 0 Å². The molecule has 1 aromatic rings. The fraction of sp³-hybridized carbons (Fsp3) is 0.500. The Kier molecular flexibility index (Phi) is 7.74. The quantitative estimate of drug-likeness (QED) is 0.542. The first kappa shape index (κ1) is 18.3. The second-order valence-electron chi connectivity index (χ2n) is 4.60. The van der Waals surface area contributed by atoms with Crippen molar-refractivity contribution in [2.24, 2.45) is 5.92 Å². The number of hydrogen-bond donors (Lipinski definition) is 0. The Labute approximate surface area is 135 Å². The maximum absolute atomic E-state index is 11.8. The average Bonchev–Trinajstić information content (AvgIpc) is 2.45. The molecule has 122 valence electrons. The molecule has 0 aliphatic carbocycles. The van der Waals surface area contributed by atoms with Gasteiger partial charge in [-0.3, -0.25) is 9.59 Å². The van der Waals surface area contributed by atoms with Crippen molar-refractivity contribution in [1.82, 2.24) is 0 Å². The number of halogens is 1. The maximum Gasteiger partial charge on any atom is 0.320 e. The third-order valence-corrected chi connectivity index (χ3v) is 3.18. The van der Waals surface area contributed by atoms with Crippen molar-refractivity contribution in [3.8, 4) is 5.75 Å². The molecular weight excluding hydrogens is 308 g/mol. The van der Waals surface area contributed by atoms with Crippen molar-refractivity contribution in [3.63, 3.8) is 0 Å². The van der Waals surface area contributed by atoms with Crippen LogP contribution in [-0.2, 0) is 19.1 Å². The summed E-state index contributed by atoms with van der Waals surface area (Å²) in [6, 6.07) is 5.25. The number of aryl methyl sites for hydroxylation is 1. The van der Waals surface area contributed by atoms with E-state index in [0.717, 1.165) is 5.56 Å². The molecule has 0 aliphatic heterocycles. The van der Waals surface area contributed by atoms with Gasteiger partial charge >= 0.3 is 11.9 Å². The third kappa shape index (κ3) is 5.56. The number of ether oxygens (including phenoxy) is 3. The second kappa shape index (κ2) is 9.30. The first-order chi connectivity index (χ1) is 10.5. The summed E-state index contributed by atoms with van der Waals surface area (Å²) in [5.41, 5.74) is 0.885. The topological polar surface area (TPSA) is 61.8 Å². The number of carbonyl (C=O) groups is 2. The number of hydrogen-bond acceptors (Lipinski definition) is 5. The van der Waals surface area contributed by atoms with Gasteiger partial charge in [-0.2, -0.15) is 0 Å². The van der Waals surface area contributed by atoms with Gasteiger partial charge in [0.15, 0.2) is 5.92 Å². The molecular formula is C16H21ClO5. The van der Waals surface area contributed by atoms with Crippen LogP contribution in [0.3, 0.4) is 0 Å². The van der Waals surface area contributed by atoms with E-state index in [2.05, 4.69) is 0 Å². The minimum atomic E-state index is -0.965. The molecule has 0 heterocycles. The molecule has 0 saturated carbocycles. The summed E-state index contributed by atoms with van der Waals surface area (Å²) in [6.45, 7) is 5.87. The van der Waals surface area contributed by atoms with Crippen molar-refractivity contribution < 1.29 is 23.8 Å². The minimum absolute atomic E-state index is 0.194. The number of benzene rings is 1. The van der Waals surface area contributed by atoms with E-state index < -0.39 is 17.9 Å². The monoisotopic (exact) mass is 328 g/mol. The van der Waals surface area contributed by atoms with E-state index in [9.17, 15) is 9.59 Å². The summed E-state index contributed by atoms with van der Waals surface area (Å²) in [7, 11) is 0. The highest BCUT2D eigenvalue weighted by Gasteiger charge is 2.29. The standard InChI is InChI=1S/C16H21ClO5/c1-4-20-15(18)13(16(19)21-5-2)8-9-22-14-7-6-12(17)10-11(14)3/h6-7,10,13H,4-5,8-9H2,1-3H3. The third-order valence-electron chi connectivity index (χ3n) is 2.94. The van der Waals surface area contributed by atoms with Crippen molar-refractivity contribution in [2.45, 2.75) is 27.2 Å². The lowest BCUT2D eigenvalue weighted by Gasteiger charge is -2.15. The van der Waals surface area contributed by atoms with Crippen LogP contribution in [0.25, 0.3) is 0 Å². The molecule has 5 nitrogen and oxygen atoms in total. The molecule has 0 aliphatic rings. The largest absolute Gasteiger partial charge is 0.493 e. The van der Waals surface area contributed by atoms with Crippen LogP contribution >= 0.6 is 11.6 Å². The molecule has 0 fully saturated rings. The van der Waals surface area contributed by atoms with Gasteiger partial charge < -0.3 is 14.2 Å². The van der Waals surface area contributed by atoms with Gasteiger partial charge in [-0.15, -0.1) is 0 Å². The predicted octanol–water partition coefficient (Wildman–Crippen LogP) is 3.16. The average molecular weight is 329 g/mol. The fourth-order valence-electron chi connectivity index (χ4n) is 1.88. The zero-order valence-corrected chi connectivity index (χ0v) is 13.8. The highest BCUT2D eigenvalue weighted by atomic mass is 35.5. The van der Waals surface area contributed by atoms with E-state index in [1.165, 1.54) is 0 Å². The van der Waals surface area contributed by atoms with Crippen LogP contribution in [0.2, 0.25) is 5.02 Å². The Morgan fingerprint density at radius 1 is 1.14 bits per heavy atom. The Bertz CT molecular complexity index is 497. The molecule has 0 saturated heterocycles. The number of rotatable bonds is 8. The van der Waals surface area contributed by atoms with Gasteiger partial charge in [0.05, 0.1) is 19.8 Å². The van der Waals surface area contributed by atoms with Gasteiger partial charge in [0.2, 0.25) is 0 Å². The van der Waals surface area contributed by atoms with Crippen LogP contribution in [0.15, 0.2) is 18.2 Å². The smallest absolute Gasteiger partial charge is 0.320 e. The van der Waals surface area contributed by atoms with E-state index in [1.54, 1.807) is 32.0 Å². The second-order valence-corrected chi connectivity index (χ2v) is 5.04. The van der Waals surface area contributed by atoms with Gasteiger partial charge in [0.1, 0.15) is 5.75 Å². The zero-order chi connectivity index (χ0) is 16.5. The fourth-order valence-corrected chi connectivity index (χ4v) is 2.11. The highest BCUT2D eigenvalue weighted by Crippen LogP contribution is 2.22. The Balaban J connectivity index is 2.62. The molecule has 0 amide bonds. The molecule has 0 N–H and O–H groups in total. The first-order valence-corrected chi connectivity index (χ1v) is 7.59. The van der Waals surface area contributed by atoms with Crippen molar-refractivity contribution in [1.29, 1.82) is 0 Å². The summed E-state index contributed by atoms with van der Waals surface area (Å²) in [5.74, 6) is -1.47. The molecule has 0 radical (unpaired) electrons. The molecule has 0 aromatic heterocycles. The van der Waals surface area contributed by atoms with Crippen LogP contribution in [-0.4, -0.2) is 31.8 Å². The van der Waals surface area contributed by atoms with Gasteiger partial charge in [-0.1, -0.05) is 11.6 Å². The normalized spacial score (nSPS) is 10.4. The Morgan fingerprint density at radius 2 is 1.73 bits per heavy atom. The molecule has 1 aromatic carbocycles. The van der Waals surface area contributed by atoms with E-state index in [4.69, 9.17) is 25.8 Å². The van der Waals surface area contributed by atoms with E-state index in [-0.39, 0.29) is 26.2 Å². The predicted molar refractivity (Wildman–Crippen MR) is 83.1 cm³/mol. The van der Waals surface area contributed by atoms with Gasteiger partial charge in [0, 0.05) is 11.4 Å². The van der Waals surface area contributed by atoms with E-state index in [0.29, 0.717) is 10.8 Å². The summed E-state index contributed by atoms with van der Waals surface area (Å²) in [4.78, 5) is 23.6. The van der Waals surface area contributed by atoms with Gasteiger partial charge in [-0.25, -0.2) is 0 Å². The molecule has 0 bridgehead atoms. The summed E-state index contributed by atoms with van der Waals surface area (Å²) < 4.78 is 15.4. The lowest BCUT2D eigenvalue weighted by molar-refractivity contribution is -0.162. The van der Waals surface area contributed by atoms with Crippen LogP contribution in [0.5, 0.6) is 5.75 Å². The summed E-state index contributed by atoms with van der Waals surface area (Å²) >= 11 is 5.88. The Morgan fingerprint density at radius 3 is 2.23 bits per heavy atom. The lowest BCUT2D eigenvalue weighted by Crippen LogP contribution is -2.29. The molecule has 0 spiro atoms. The van der Waals surface area contributed by atoms with Crippen molar-refractivity contribution >= 4 is 23.5 Å². The molecule has 0 unspecified atom stereocenters. The Hall–Kier alpha value is -1.75. The summed E-state index contributed by atoms with van der Waals surface area (Å²) in [6.07, 6.45) is 0.194. The van der Waals surface area contributed by atoms with Gasteiger partial charge in [0.25, 0.3) is 0 Å². The van der Waals surface area contributed by atoms with E-state index >= 15 is 0 Å². The maximum atomic E-state index is 11.8. The molecule has 22 heavy (non-hydrogen) atoms. The zero-order valence-electron chi connectivity index (χ0n) is 13.1. The van der Waals surface area contributed by atoms with Crippen LogP contribution in [0.1, 0.15) is 25.8 Å². The van der Waals surface area contributed by atoms with E-state index in [1.807, 2.05) is 6.92 Å². The lowest BCUT2D eigenvalue weighted by atomic mass is 10.1. The number of esters is 2. The molecule has 1 rings (SSSR count). The van der Waals surface area contributed by atoms with Gasteiger partial charge in [-0.05, 0) is 44.5 Å². The minimum Gasteiger partial charge on any atom is -0.493 e. The summed E-state index contributed by atoms with van der Waals surface area (Å²) in [5, 5.41) is 0.626. The first-order valence-electron chi connectivity index (χ1n) is 7.21. The molecule has 6 heteroatoms. The highest BCUT2D eigenvalue weighted by molar-refractivity contribution is 6.30. The van der Waals surface area contributed by atoms with Crippen LogP contribution < -0.4 is 4.74 Å². The van der Waals surface area contributed by atoms with Crippen molar-refractivity contribution in [2.75, 3.05) is 19.8 Å². The van der Waals surface area contributed by atoms with Crippen molar-refractivity contribution in [3.05, 3.63) is 28.8 Å². The SMILES string of the molecule is CCOC(=O)C(CCOc1ccc(Cl)cc1C)C(=O)OCC.